The SMILES string of the molecule is C=CC(=O)N1[C@H](C)CN(c2nc(=O)n3c4c(c(-c5cc(Cl)c(F)cc5F)c(C(F)(F)F)cc24)SC[C@H](N2CCOCC2)C3)C[C@@H]1C. The molecule has 0 saturated carbocycles. The molecule has 3 aliphatic heterocycles. The number of rotatable bonds is 4. The summed E-state index contributed by atoms with van der Waals surface area (Å²) in [6.07, 6.45) is -3.77. The summed E-state index contributed by atoms with van der Waals surface area (Å²) < 4.78 is 81.5. The molecule has 0 radical (unpaired) electrons. The second kappa shape index (κ2) is 12.4. The van der Waals surface area contributed by atoms with Crippen molar-refractivity contribution in [3.8, 4) is 11.1 Å². The summed E-state index contributed by atoms with van der Waals surface area (Å²) in [5.74, 6) is -2.28. The number of piperazine rings is 1. The summed E-state index contributed by atoms with van der Waals surface area (Å²) in [5, 5.41) is -0.471. The van der Waals surface area contributed by atoms with Crippen molar-refractivity contribution >= 4 is 46.0 Å². The zero-order valence-electron chi connectivity index (χ0n) is 25.0. The highest BCUT2D eigenvalue weighted by molar-refractivity contribution is 7.99. The molecule has 2 aromatic carbocycles. The van der Waals surface area contributed by atoms with Gasteiger partial charge in [0.05, 0.1) is 29.3 Å². The Bertz CT molecular complexity index is 1770. The highest BCUT2D eigenvalue weighted by Crippen LogP contribution is 2.49. The predicted molar refractivity (Wildman–Crippen MR) is 166 cm³/mol. The van der Waals surface area contributed by atoms with Crippen LogP contribution in [-0.4, -0.2) is 88.5 Å². The fourth-order valence-corrected chi connectivity index (χ4v) is 8.35. The zero-order valence-corrected chi connectivity index (χ0v) is 26.6. The molecule has 6 rings (SSSR count). The smallest absolute Gasteiger partial charge is 0.379 e. The molecule has 1 aromatic heterocycles. The Hall–Kier alpha value is -3.20. The third-order valence-corrected chi connectivity index (χ3v) is 10.3. The van der Waals surface area contributed by atoms with Crippen molar-refractivity contribution in [1.29, 1.82) is 0 Å². The van der Waals surface area contributed by atoms with Crippen LogP contribution in [0.4, 0.5) is 27.8 Å². The van der Waals surface area contributed by atoms with Crippen LogP contribution in [0, 0.1) is 11.6 Å². The first-order chi connectivity index (χ1) is 21.8. The molecule has 15 heteroatoms. The lowest BCUT2D eigenvalue weighted by atomic mass is 9.95. The van der Waals surface area contributed by atoms with E-state index in [1.54, 1.807) is 23.6 Å². The van der Waals surface area contributed by atoms with Crippen molar-refractivity contribution in [2.45, 2.75) is 49.6 Å². The van der Waals surface area contributed by atoms with E-state index in [-0.39, 0.29) is 71.0 Å². The molecule has 8 nitrogen and oxygen atoms in total. The van der Waals surface area contributed by atoms with E-state index in [9.17, 15) is 14.0 Å². The Kier molecular flexibility index (Phi) is 8.85. The fraction of sp³-hybridized carbons (Fsp3) is 0.452. The average molecular weight is 684 g/mol. The van der Waals surface area contributed by atoms with Crippen molar-refractivity contribution in [2.75, 3.05) is 50.0 Å². The van der Waals surface area contributed by atoms with E-state index in [0.717, 1.165) is 23.9 Å². The summed E-state index contributed by atoms with van der Waals surface area (Å²) >= 11 is 7.08. The number of thioether (sulfide) groups is 1. The highest BCUT2D eigenvalue weighted by atomic mass is 35.5. The van der Waals surface area contributed by atoms with Gasteiger partial charge < -0.3 is 14.5 Å². The fourth-order valence-electron chi connectivity index (χ4n) is 6.79. The number of nitrogens with zero attached hydrogens (tertiary/aromatic N) is 5. The third kappa shape index (κ3) is 5.77. The molecule has 3 aromatic rings. The molecule has 0 spiro atoms. The van der Waals surface area contributed by atoms with Crippen LogP contribution in [0.5, 0.6) is 0 Å². The molecular formula is C31H31ClF5N5O3S. The molecule has 4 heterocycles. The number of benzene rings is 2. The molecule has 0 aliphatic carbocycles. The minimum Gasteiger partial charge on any atom is -0.379 e. The summed E-state index contributed by atoms with van der Waals surface area (Å²) in [4.78, 5) is 36.3. The molecule has 1 amide bonds. The maximum atomic E-state index is 15.4. The minimum absolute atomic E-state index is 0.0319. The van der Waals surface area contributed by atoms with Gasteiger partial charge in [0, 0.05) is 84.1 Å². The minimum atomic E-state index is -4.97. The molecule has 2 saturated heterocycles. The van der Waals surface area contributed by atoms with E-state index >= 15 is 17.6 Å². The number of halogens is 6. The van der Waals surface area contributed by atoms with Crippen LogP contribution in [-0.2, 0) is 22.3 Å². The van der Waals surface area contributed by atoms with Gasteiger partial charge in [-0.15, -0.1) is 11.8 Å². The van der Waals surface area contributed by atoms with Crippen LogP contribution in [0.1, 0.15) is 19.4 Å². The number of alkyl halides is 3. The van der Waals surface area contributed by atoms with Gasteiger partial charge in [0.2, 0.25) is 5.91 Å². The van der Waals surface area contributed by atoms with Crippen LogP contribution in [0.3, 0.4) is 0 Å². The Labute approximate surface area is 270 Å². The Morgan fingerprint density at radius 2 is 1.76 bits per heavy atom. The van der Waals surface area contributed by atoms with Crippen molar-refractivity contribution in [3.63, 3.8) is 0 Å². The monoisotopic (exact) mass is 683 g/mol. The summed E-state index contributed by atoms with van der Waals surface area (Å²) in [5.41, 5.74) is -2.69. The number of anilines is 1. The lowest BCUT2D eigenvalue weighted by molar-refractivity contribution is -0.137. The zero-order chi connectivity index (χ0) is 33.1. The largest absolute Gasteiger partial charge is 0.417 e. The second-order valence-corrected chi connectivity index (χ2v) is 13.2. The number of amides is 1. The van der Waals surface area contributed by atoms with Gasteiger partial charge in [-0.25, -0.2) is 13.6 Å². The number of morpholine rings is 1. The van der Waals surface area contributed by atoms with E-state index in [0.29, 0.717) is 32.4 Å². The van der Waals surface area contributed by atoms with Crippen molar-refractivity contribution in [3.05, 3.63) is 63.6 Å². The number of aromatic nitrogens is 2. The van der Waals surface area contributed by atoms with Crippen LogP contribution in [0.2, 0.25) is 5.02 Å². The quantitative estimate of drug-likeness (QED) is 0.206. The molecule has 3 atom stereocenters. The number of ether oxygens (including phenoxy) is 1. The Morgan fingerprint density at radius 1 is 1.09 bits per heavy atom. The first kappa shape index (κ1) is 32.7. The van der Waals surface area contributed by atoms with Crippen LogP contribution in [0.25, 0.3) is 22.0 Å². The maximum Gasteiger partial charge on any atom is 0.417 e. The van der Waals surface area contributed by atoms with Gasteiger partial charge in [0.25, 0.3) is 0 Å². The second-order valence-electron chi connectivity index (χ2n) is 11.8. The Morgan fingerprint density at radius 3 is 2.39 bits per heavy atom. The van der Waals surface area contributed by atoms with Gasteiger partial charge in [-0.1, -0.05) is 18.2 Å². The van der Waals surface area contributed by atoms with E-state index in [2.05, 4.69) is 16.5 Å². The number of carbonyl (C=O) groups is 1. The first-order valence-electron chi connectivity index (χ1n) is 14.8. The lowest BCUT2D eigenvalue weighted by Crippen LogP contribution is -2.58. The predicted octanol–water partition coefficient (Wildman–Crippen LogP) is 5.43. The summed E-state index contributed by atoms with van der Waals surface area (Å²) in [6.45, 7) is 9.76. The van der Waals surface area contributed by atoms with Gasteiger partial charge in [-0.2, -0.15) is 18.2 Å². The summed E-state index contributed by atoms with van der Waals surface area (Å²) in [7, 11) is 0. The number of carbonyl (C=O) groups excluding carboxylic acids is 1. The molecule has 0 bridgehead atoms. The molecule has 2 fully saturated rings. The standard InChI is InChI=1S/C31H31ClF5N5O3S/c1-4-25(43)42-16(2)12-40(13-17(42)3)29-20-9-21(31(35,36)37)26(19-10-22(32)24(34)11-23(19)33)28-27(20)41(30(44)38-29)14-18(15-46-28)39-5-7-45-8-6-39/h4,9-11,16-18H,1,5-8,12-15H2,2-3H3/t16-,17+,18-/m1/s1. The number of hydrogen-bond acceptors (Lipinski definition) is 7. The third-order valence-electron chi connectivity index (χ3n) is 8.81. The van der Waals surface area contributed by atoms with Gasteiger partial charge in [-0.3, -0.25) is 14.3 Å². The molecule has 3 aliphatic rings. The van der Waals surface area contributed by atoms with Crippen LogP contribution in [0.15, 0.2) is 40.5 Å². The van der Waals surface area contributed by atoms with Crippen LogP contribution >= 0.6 is 23.4 Å². The van der Waals surface area contributed by atoms with E-state index in [4.69, 9.17) is 16.3 Å². The maximum absolute atomic E-state index is 15.4. The van der Waals surface area contributed by atoms with Crippen molar-refractivity contribution < 1.29 is 31.5 Å². The topological polar surface area (TPSA) is 70.9 Å². The summed E-state index contributed by atoms with van der Waals surface area (Å²) in [6, 6.07) is 1.20. The van der Waals surface area contributed by atoms with E-state index in [1.807, 2.05) is 0 Å². The first-order valence-corrected chi connectivity index (χ1v) is 16.1. The van der Waals surface area contributed by atoms with Gasteiger partial charge in [0.1, 0.15) is 17.5 Å². The molecule has 46 heavy (non-hydrogen) atoms. The lowest BCUT2D eigenvalue weighted by Gasteiger charge is -2.44. The van der Waals surface area contributed by atoms with Crippen molar-refractivity contribution in [1.82, 2.24) is 19.4 Å². The molecule has 0 unspecified atom stereocenters. The van der Waals surface area contributed by atoms with Gasteiger partial charge in [-0.05, 0) is 32.1 Å². The van der Waals surface area contributed by atoms with E-state index < -0.39 is 45.2 Å². The Balaban J connectivity index is 1.63. The van der Waals surface area contributed by atoms with E-state index in [1.165, 1.54) is 10.6 Å². The molecule has 0 N–H and O–H groups in total. The van der Waals surface area contributed by atoms with Crippen molar-refractivity contribution in [2.24, 2.45) is 0 Å². The van der Waals surface area contributed by atoms with Gasteiger partial charge >= 0.3 is 11.9 Å². The average Bonchev–Trinajstić information content (AvgIpc) is 3.21. The molecule has 246 valence electrons. The molecular weight excluding hydrogens is 653 g/mol. The van der Waals surface area contributed by atoms with Gasteiger partial charge in [0.15, 0.2) is 0 Å². The van der Waals surface area contributed by atoms with Crippen LogP contribution < -0.4 is 10.6 Å². The highest BCUT2D eigenvalue weighted by Gasteiger charge is 2.41. The normalized spacial score (nSPS) is 22.7. The number of hydrogen-bond donors (Lipinski definition) is 0.